The zero-order valence-corrected chi connectivity index (χ0v) is 12.5. The van der Waals surface area contributed by atoms with Crippen LogP contribution in [0.4, 0.5) is 9.80 Å². The van der Waals surface area contributed by atoms with Crippen molar-refractivity contribution in [3.8, 4) is 0 Å². The number of carbonyl (C=O) groups is 2. The summed E-state index contributed by atoms with van der Waals surface area (Å²) in [5, 5.41) is 17.4. The summed E-state index contributed by atoms with van der Waals surface area (Å²) in [7, 11) is 0. The minimum atomic E-state index is -1.04. The molecule has 0 unspecified atom stereocenters. The molecule has 8 heteroatoms. The van der Waals surface area contributed by atoms with Crippen LogP contribution in [0.5, 0.6) is 0 Å². The second-order valence-corrected chi connectivity index (χ2v) is 6.23. The molecular weight excluding hydrogens is 298 g/mol. The van der Waals surface area contributed by atoms with Crippen molar-refractivity contribution in [1.29, 1.82) is 0 Å². The molecule has 2 rings (SSSR count). The third-order valence-electron chi connectivity index (χ3n) is 2.71. The lowest BCUT2D eigenvalue weighted by Crippen LogP contribution is -2.28. The summed E-state index contributed by atoms with van der Waals surface area (Å²) in [5.41, 5.74) is 0.828. The van der Waals surface area contributed by atoms with Gasteiger partial charge < -0.3 is 10.4 Å². The molecule has 0 aliphatic rings. The zero-order chi connectivity index (χ0) is 14.7. The maximum absolute atomic E-state index is 11.8. The molecule has 0 aliphatic heterocycles. The Kier molecular flexibility index (Phi) is 4.35. The van der Waals surface area contributed by atoms with E-state index in [1.165, 1.54) is 22.7 Å². The first-order valence-electron chi connectivity index (χ1n) is 5.75. The van der Waals surface area contributed by atoms with E-state index in [1.54, 1.807) is 13.1 Å². The number of anilines is 1. The topological polar surface area (TPSA) is 91.3 Å². The average Bonchev–Trinajstić information content (AvgIpc) is 2.96. The van der Waals surface area contributed by atoms with Crippen LogP contribution in [0.15, 0.2) is 11.6 Å². The van der Waals surface area contributed by atoms with E-state index in [-0.39, 0.29) is 5.56 Å². The van der Waals surface area contributed by atoms with Gasteiger partial charge in [-0.2, -0.15) is 0 Å². The van der Waals surface area contributed by atoms with Crippen molar-refractivity contribution in [3.63, 3.8) is 0 Å². The van der Waals surface area contributed by atoms with E-state index in [0.717, 1.165) is 9.88 Å². The molecule has 0 bridgehead atoms. The van der Waals surface area contributed by atoms with Crippen LogP contribution in [0.3, 0.4) is 0 Å². The van der Waals surface area contributed by atoms with Gasteiger partial charge in [0.1, 0.15) is 10.0 Å². The van der Waals surface area contributed by atoms with E-state index < -0.39 is 12.0 Å². The van der Waals surface area contributed by atoms with Crippen molar-refractivity contribution >= 4 is 39.7 Å². The molecule has 2 aromatic rings. The van der Waals surface area contributed by atoms with Gasteiger partial charge in [0.2, 0.25) is 0 Å². The molecule has 0 aromatic carbocycles. The number of carboxylic acids is 1. The molecule has 0 spiro atoms. The predicted octanol–water partition coefficient (Wildman–Crippen LogP) is 2.84. The Morgan fingerprint density at radius 1 is 1.40 bits per heavy atom. The van der Waals surface area contributed by atoms with Crippen molar-refractivity contribution in [2.75, 3.05) is 5.32 Å². The summed E-state index contributed by atoms with van der Waals surface area (Å²) in [6.07, 6.45) is 1.66. The van der Waals surface area contributed by atoms with Crippen molar-refractivity contribution in [3.05, 3.63) is 32.6 Å². The van der Waals surface area contributed by atoms with E-state index >= 15 is 0 Å². The summed E-state index contributed by atoms with van der Waals surface area (Å²) < 4.78 is 0. The minimum Gasteiger partial charge on any atom is -0.478 e. The molecule has 3 N–H and O–H groups in total. The number of aromatic nitrogens is 1. The lowest BCUT2D eigenvalue weighted by atomic mass is 10.1. The van der Waals surface area contributed by atoms with Gasteiger partial charge in [-0.3, -0.25) is 5.32 Å². The van der Waals surface area contributed by atoms with Gasteiger partial charge >= 0.3 is 12.0 Å². The summed E-state index contributed by atoms with van der Waals surface area (Å²) >= 11 is 2.70. The molecule has 2 aromatic heterocycles. The maximum Gasteiger partial charge on any atom is 0.338 e. The highest BCUT2D eigenvalue weighted by atomic mass is 32.1. The number of thiophene rings is 1. The third-order valence-corrected chi connectivity index (χ3v) is 4.61. The number of aryl methyl sites for hydroxylation is 1. The summed E-state index contributed by atoms with van der Waals surface area (Å²) in [4.78, 5) is 27.9. The highest BCUT2D eigenvalue weighted by Gasteiger charge is 2.20. The van der Waals surface area contributed by atoms with Gasteiger partial charge in [-0.1, -0.05) is 0 Å². The minimum absolute atomic E-state index is 0.150. The molecule has 2 amide bonds. The maximum atomic E-state index is 11.8. The fourth-order valence-corrected chi connectivity index (χ4v) is 3.22. The van der Waals surface area contributed by atoms with Gasteiger partial charge in [0, 0.05) is 16.5 Å². The van der Waals surface area contributed by atoms with Crippen LogP contribution in [0.1, 0.15) is 25.8 Å². The van der Waals surface area contributed by atoms with E-state index in [1.807, 2.05) is 12.3 Å². The van der Waals surface area contributed by atoms with Gasteiger partial charge in [-0.25, -0.2) is 14.6 Å². The molecular formula is C12H13N3O3S2. The molecule has 0 saturated carbocycles. The quantitative estimate of drug-likeness (QED) is 0.809. The number of nitrogens with zero attached hydrogens (tertiary/aromatic N) is 1. The molecule has 6 nitrogen and oxygen atoms in total. The van der Waals surface area contributed by atoms with Crippen molar-refractivity contribution < 1.29 is 14.7 Å². The van der Waals surface area contributed by atoms with Gasteiger partial charge in [0.05, 0.1) is 12.1 Å². The Bertz CT molecular complexity index is 635. The SMILES string of the molecule is Cc1sc(NC(=O)NCc2nccs2)c(C(=O)O)c1C. The second-order valence-electron chi connectivity index (χ2n) is 4.03. The summed E-state index contributed by atoms with van der Waals surface area (Å²) in [6, 6.07) is -0.441. The molecule has 0 fully saturated rings. The Balaban J connectivity index is 2.04. The highest BCUT2D eigenvalue weighted by molar-refractivity contribution is 7.16. The van der Waals surface area contributed by atoms with Crippen LogP contribution in [-0.2, 0) is 6.54 Å². The molecule has 20 heavy (non-hydrogen) atoms. The fourth-order valence-electron chi connectivity index (χ4n) is 1.62. The normalized spacial score (nSPS) is 10.3. The molecule has 2 heterocycles. The van der Waals surface area contributed by atoms with Crippen molar-refractivity contribution in [2.45, 2.75) is 20.4 Å². The van der Waals surface area contributed by atoms with Crippen molar-refractivity contribution in [2.24, 2.45) is 0 Å². The predicted molar refractivity (Wildman–Crippen MR) is 78.7 cm³/mol. The van der Waals surface area contributed by atoms with Crippen LogP contribution in [0.25, 0.3) is 0 Å². The number of aromatic carboxylic acids is 1. The van der Waals surface area contributed by atoms with E-state index in [9.17, 15) is 14.7 Å². The van der Waals surface area contributed by atoms with E-state index in [2.05, 4.69) is 15.6 Å². The number of thiazole rings is 1. The first kappa shape index (κ1) is 14.5. The van der Waals surface area contributed by atoms with E-state index in [0.29, 0.717) is 17.1 Å². The van der Waals surface area contributed by atoms with Crippen LogP contribution in [0.2, 0.25) is 0 Å². The number of hydrogen-bond donors (Lipinski definition) is 3. The monoisotopic (exact) mass is 311 g/mol. The average molecular weight is 311 g/mol. The number of amides is 2. The van der Waals surface area contributed by atoms with Crippen LogP contribution < -0.4 is 10.6 Å². The summed E-state index contributed by atoms with van der Waals surface area (Å²) in [5.74, 6) is -1.04. The standard InChI is InChI=1S/C12H13N3O3S2/c1-6-7(2)20-10(9(6)11(16)17)15-12(18)14-5-8-13-3-4-19-8/h3-4H,5H2,1-2H3,(H,16,17)(H2,14,15,18). The number of hydrogen-bond acceptors (Lipinski definition) is 5. The largest absolute Gasteiger partial charge is 0.478 e. The Morgan fingerprint density at radius 2 is 2.15 bits per heavy atom. The molecule has 0 radical (unpaired) electrons. The van der Waals surface area contributed by atoms with Crippen LogP contribution in [-0.4, -0.2) is 22.1 Å². The van der Waals surface area contributed by atoms with Gasteiger partial charge in [-0.05, 0) is 19.4 Å². The van der Waals surface area contributed by atoms with Gasteiger partial charge in [-0.15, -0.1) is 22.7 Å². The van der Waals surface area contributed by atoms with Crippen LogP contribution in [0, 0.1) is 13.8 Å². The lowest BCUT2D eigenvalue weighted by molar-refractivity contribution is 0.0697. The van der Waals surface area contributed by atoms with Crippen LogP contribution >= 0.6 is 22.7 Å². The molecule has 0 aliphatic carbocycles. The van der Waals surface area contributed by atoms with E-state index in [4.69, 9.17) is 0 Å². The number of nitrogens with one attached hydrogen (secondary N) is 2. The van der Waals surface area contributed by atoms with Crippen molar-refractivity contribution in [1.82, 2.24) is 10.3 Å². The first-order valence-corrected chi connectivity index (χ1v) is 7.45. The Morgan fingerprint density at radius 3 is 2.75 bits per heavy atom. The molecule has 0 atom stereocenters. The lowest BCUT2D eigenvalue weighted by Gasteiger charge is -2.05. The molecule has 106 valence electrons. The highest BCUT2D eigenvalue weighted by Crippen LogP contribution is 2.32. The number of carboxylic acid groups (broad SMARTS) is 1. The smallest absolute Gasteiger partial charge is 0.338 e. The Hall–Kier alpha value is -1.93. The fraction of sp³-hybridized carbons (Fsp3) is 0.250. The summed E-state index contributed by atoms with van der Waals surface area (Å²) in [6.45, 7) is 3.87. The number of rotatable bonds is 4. The first-order chi connectivity index (χ1) is 9.49. The zero-order valence-electron chi connectivity index (χ0n) is 10.9. The second kappa shape index (κ2) is 6.02. The Labute approximate surface area is 123 Å². The number of carbonyl (C=O) groups excluding carboxylic acids is 1. The number of urea groups is 1. The molecule has 0 saturated heterocycles. The van der Waals surface area contributed by atoms with Gasteiger partial charge in [0.15, 0.2) is 0 Å². The van der Waals surface area contributed by atoms with Gasteiger partial charge in [0.25, 0.3) is 0 Å². The third kappa shape index (κ3) is 3.14.